The molecule has 4 nitrogen and oxygen atoms in total. The van der Waals surface area contributed by atoms with Gasteiger partial charge in [-0.15, -0.1) is 0 Å². The Kier molecular flexibility index (Phi) is 7.17. The smallest absolute Gasteiger partial charge is 0.247 e. The third-order valence-electron chi connectivity index (χ3n) is 4.91. The Balaban J connectivity index is 1.89. The van der Waals surface area contributed by atoms with Crippen molar-refractivity contribution in [1.29, 1.82) is 0 Å². The van der Waals surface area contributed by atoms with Gasteiger partial charge in [-0.25, -0.2) is 0 Å². The van der Waals surface area contributed by atoms with Crippen molar-refractivity contribution in [1.82, 2.24) is 10.2 Å². The minimum absolute atomic E-state index is 0.0461. The van der Waals surface area contributed by atoms with E-state index in [0.717, 1.165) is 16.7 Å². The van der Waals surface area contributed by atoms with Crippen LogP contribution in [-0.4, -0.2) is 23.8 Å². The number of nitrogens with one attached hydrogen (secondary N) is 1. The van der Waals surface area contributed by atoms with Crippen LogP contribution in [0.4, 0.5) is 0 Å². The molecule has 0 spiro atoms. The van der Waals surface area contributed by atoms with Crippen molar-refractivity contribution in [3.8, 4) is 0 Å². The van der Waals surface area contributed by atoms with Crippen LogP contribution in [0.3, 0.4) is 0 Å². The summed E-state index contributed by atoms with van der Waals surface area (Å²) in [5, 5.41) is 2.73. The normalized spacial score (nSPS) is 11.5. The Hall–Kier alpha value is -3.40. The molecule has 2 amide bonds. The third kappa shape index (κ3) is 5.55. The summed E-state index contributed by atoms with van der Waals surface area (Å²) in [6.45, 7) is 0.376. The molecule has 0 bridgehead atoms. The number of rotatable bonds is 8. The van der Waals surface area contributed by atoms with Crippen LogP contribution in [0.2, 0.25) is 0 Å². The summed E-state index contributed by atoms with van der Waals surface area (Å²) < 4.78 is 0. The number of carbonyl (C=O) groups is 2. The highest BCUT2D eigenvalue weighted by atomic mass is 16.2. The lowest BCUT2D eigenvalue weighted by Crippen LogP contribution is -2.42. The molecule has 148 valence electrons. The van der Waals surface area contributed by atoms with E-state index in [4.69, 9.17) is 0 Å². The molecular formula is C25H26N2O2. The van der Waals surface area contributed by atoms with Crippen molar-refractivity contribution < 1.29 is 9.59 Å². The van der Waals surface area contributed by atoms with Crippen LogP contribution < -0.4 is 5.32 Å². The fraction of sp³-hybridized carbons (Fsp3) is 0.200. The molecule has 4 heteroatoms. The molecule has 0 heterocycles. The second-order valence-electron chi connectivity index (χ2n) is 6.92. The van der Waals surface area contributed by atoms with Gasteiger partial charge in [-0.05, 0) is 23.1 Å². The Morgan fingerprint density at radius 3 is 1.86 bits per heavy atom. The van der Waals surface area contributed by atoms with Crippen LogP contribution in [0.1, 0.15) is 29.2 Å². The maximum atomic E-state index is 13.3. The average molecular weight is 386 g/mol. The maximum Gasteiger partial charge on any atom is 0.247 e. The summed E-state index contributed by atoms with van der Waals surface area (Å²) in [6, 6.07) is 28.5. The lowest BCUT2D eigenvalue weighted by molar-refractivity contribution is -0.141. The second-order valence-corrected chi connectivity index (χ2v) is 6.92. The molecule has 0 fully saturated rings. The van der Waals surface area contributed by atoms with Gasteiger partial charge in [0, 0.05) is 20.0 Å². The summed E-state index contributed by atoms with van der Waals surface area (Å²) in [7, 11) is 1.60. The van der Waals surface area contributed by atoms with E-state index in [9.17, 15) is 9.59 Å². The summed E-state index contributed by atoms with van der Waals surface area (Å²) in [6.07, 6.45) is 0.984. The number of carbonyl (C=O) groups excluding carboxylic acids is 2. The Morgan fingerprint density at radius 2 is 1.31 bits per heavy atom. The lowest BCUT2D eigenvalue weighted by atomic mass is 10.0. The molecule has 0 radical (unpaired) electrons. The molecule has 29 heavy (non-hydrogen) atoms. The summed E-state index contributed by atoms with van der Waals surface area (Å²) in [5.41, 5.74) is 2.90. The first-order valence-corrected chi connectivity index (χ1v) is 9.83. The van der Waals surface area contributed by atoms with Crippen LogP contribution >= 0.6 is 0 Å². The molecule has 1 N–H and O–H groups in total. The van der Waals surface area contributed by atoms with Gasteiger partial charge in [-0.3, -0.25) is 9.59 Å². The second kappa shape index (κ2) is 10.2. The molecular weight excluding hydrogens is 360 g/mol. The molecule has 0 saturated heterocycles. The van der Waals surface area contributed by atoms with E-state index in [-0.39, 0.29) is 11.8 Å². The SMILES string of the molecule is CNC(=O)[C@@H](c1ccccc1)N(Cc1ccccc1)C(=O)CCc1ccccc1. The van der Waals surface area contributed by atoms with Crippen molar-refractivity contribution in [2.75, 3.05) is 7.05 Å². The quantitative estimate of drug-likeness (QED) is 0.633. The number of hydrogen-bond donors (Lipinski definition) is 1. The molecule has 3 aromatic rings. The first kappa shape index (κ1) is 20.3. The lowest BCUT2D eigenvalue weighted by Gasteiger charge is -2.31. The van der Waals surface area contributed by atoms with Crippen molar-refractivity contribution >= 4 is 11.8 Å². The largest absolute Gasteiger partial charge is 0.357 e. The van der Waals surface area contributed by atoms with Gasteiger partial charge in [-0.1, -0.05) is 91.0 Å². The number of nitrogens with zero attached hydrogens (tertiary/aromatic N) is 1. The zero-order valence-electron chi connectivity index (χ0n) is 16.6. The van der Waals surface area contributed by atoms with E-state index in [1.807, 2.05) is 91.0 Å². The van der Waals surface area contributed by atoms with E-state index in [2.05, 4.69) is 5.32 Å². The Labute approximate surface area is 172 Å². The Morgan fingerprint density at radius 1 is 0.793 bits per heavy atom. The van der Waals surface area contributed by atoms with Crippen LogP contribution in [0.15, 0.2) is 91.0 Å². The first-order chi connectivity index (χ1) is 14.2. The van der Waals surface area contributed by atoms with E-state index in [0.29, 0.717) is 19.4 Å². The van der Waals surface area contributed by atoms with Crippen molar-refractivity contribution in [3.05, 3.63) is 108 Å². The van der Waals surface area contributed by atoms with Gasteiger partial charge in [-0.2, -0.15) is 0 Å². The predicted molar refractivity (Wildman–Crippen MR) is 115 cm³/mol. The van der Waals surface area contributed by atoms with E-state index in [1.54, 1.807) is 11.9 Å². The van der Waals surface area contributed by atoms with E-state index < -0.39 is 6.04 Å². The van der Waals surface area contributed by atoms with Gasteiger partial charge in [0.15, 0.2) is 0 Å². The Bertz CT molecular complexity index is 911. The molecule has 0 unspecified atom stereocenters. The first-order valence-electron chi connectivity index (χ1n) is 9.83. The minimum atomic E-state index is -0.676. The maximum absolute atomic E-state index is 13.3. The van der Waals surface area contributed by atoms with Gasteiger partial charge in [0.1, 0.15) is 6.04 Å². The van der Waals surface area contributed by atoms with Crippen LogP contribution in [0, 0.1) is 0 Å². The van der Waals surface area contributed by atoms with Crippen molar-refractivity contribution in [2.24, 2.45) is 0 Å². The average Bonchev–Trinajstić information content (AvgIpc) is 2.79. The number of aryl methyl sites for hydroxylation is 1. The standard InChI is InChI=1S/C25H26N2O2/c1-26-25(29)24(22-15-9-4-10-16-22)27(19-21-13-7-3-8-14-21)23(28)18-17-20-11-5-2-6-12-20/h2-16,24H,17-19H2,1H3,(H,26,29)/t24-/m1/s1. The van der Waals surface area contributed by atoms with Crippen LogP contribution in [-0.2, 0) is 22.6 Å². The minimum Gasteiger partial charge on any atom is -0.357 e. The van der Waals surface area contributed by atoms with Crippen LogP contribution in [0.25, 0.3) is 0 Å². The summed E-state index contributed by atoms with van der Waals surface area (Å²) in [5.74, 6) is -0.240. The van der Waals surface area contributed by atoms with Crippen LogP contribution in [0.5, 0.6) is 0 Å². The van der Waals surface area contributed by atoms with Gasteiger partial charge >= 0.3 is 0 Å². The predicted octanol–water partition coefficient (Wildman–Crippen LogP) is 4.14. The van der Waals surface area contributed by atoms with Crippen molar-refractivity contribution in [2.45, 2.75) is 25.4 Å². The molecule has 0 aliphatic rings. The number of amides is 2. The third-order valence-corrected chi connectivity index (χ3v) is 4.91. The number of benzene rings is 3. The van der Waals surface area contributed by atoms with Gasteiger partial charge in [0.2, 0.25) is 11.8 Å². The zero-order chi connectivity index (χ0) is 20.5. The molecule has 0 aromatic heterocycles. The summed E-state index contributed by atoms with van der Waals surface area (Å²) >= 11 is 0. The van der Waals surface area contributed by atoms with E-state index >= 15 is 0 Å². The van der Waals surface area contributed by atoms with E-state index in [1.165, 1.54) is 0 Å². The number of likely N-dealkylation sites (N-methyl/N-ethyl adjacent to an activating group) is 1. The highest BCUT2D eigenvalue weighted by molar-refractivity contribution is 5.88. The molecule has 1 atom stereocenters. The molecule has 3 rings (SSSR count). The summed E-state index contributed by atoms with van der Waals surface area (Å²) in [4.78, 5) is 27.8. The monoisotopic (exact) mass is 386 g/mol. The molecule has 0 aliphatic heterocycles. The van der Waals surface area contributed by atoms with Crippen molar-refractivity contribution in [3.63, 3.8) is 0 Å². The van der Waals surface area contributed by atoms with Gasteiger partial charge in [0.05, 0.1) is 0 Å². The fourth-order valence-electron chi connectivity index (χ4n) is 3.39. The number of hydrogen-bond acceptors (Lipinski definition) is 2. The topological polar surface area (TPSA) is 49.4 Å². The zero-order valence-corrected chi connectivity index (χ0v) is 16.6. The fourth-order valence-corrected chi connectivity index (χ4v) is 3.39. The van der Waals surface area contributed by atoms with Gasteiger partial charge < -0.3 is 10.2 Å². The molecule has 0 aliphatic carbocycles. The molecule has 0 saturated carbocycles. The highest BCUT2D eigenvalue weighted by Gasteiger charge is 2.30. The molecule has 3 aromatic carbocycles. The van der Waals surface area contributed by atoms with Gasteiger partial charge in [0.25, 0.3) is 0 Å². The highest BCUT2D eigenvalue weighted by Crippen LogP contribution is 2.25.